The van der Waals surface area contributed by atoms with Crippen LogP contribution in [0.25, 0.3) is 10.9 Å². The van der Waals surface area contributed by atoms with E-state index in [2.05, 4.69) is 15.7 Å². The van der Waals surface area contributed by atoms with Crippen LogP contribution in [0.1, 0.15) is 16.9 Å². The highest BCUT2D eigenvalue weighted by molar-refractivity contribution is 7.90. The van der Waals surface area contributed by atoms with Crippen molar-refractivity contribution in [2.24, 2.45) is 0 Å². The lowest BCUT2D eigenvalue weighted by Crippen LogP contribution is -2.46. The van der Waals surface area contributed by atoms with E-state index in [0.717, 1.165) is 43.1 Å². The van der Waals surface area contributed by atoms with Crippen molar-refractivity contribution in [2.75, 3.05) is 45.9 Å². The first kappa shape index (κ1) is 23.8. The molecule has 0 bridgehead atoms. The molecule has 2 heterocycles. The number of rotatable bonds is 9. The zero-order valence-electron chi connectivity index (χ0n) is 18.8. The lowest BCUT2D eigenvalue weighted by atomic mass is 10.2. The summed E-state index contributed by atoms with van der Waals surface area (Å²) >= 11 is 0. The summed E-state index contributed by atoms with van der Waals surface area (Å²) in [4.78, 5) is 16.5. The molecule has 2 aromatic carbocycles. The number of benzene rings is 2. The second-order valence-corrected chi connectivity index (χ2v) is 9.95. The van der Waals surface area contributed by atoms with Crippen molar-refractivity contribution in [3.8, 4) is 18.1 Å². The number of aromatic carboxylic acids is 1. The summed E-state index contributed by atoms with van der Waals surface area (Å²) in [5.74, 6) is 1.93. The molecule has 0 atom stereocenters. The maximum atomic E-state index is 13.2. The molecule has 1 aliphatic heterocycles. The fourth-order valence-corrected chi connectivity index (χ4v) is 5.67. The Morgan fingerprint density at radius 3 is 2.41 bits per heavy atom. The van der Waals surface area contributed by atoms with Crippen molar-refractivity contribution in [2.45, 2.75) is 11.3 Å². The number of ether oxygens (including phenoxy) is 1. The number of nitrogens with zero attached hydrogens (tertiary/aromatic N) is 3. The van der Waals surface area contributed by atoms with Gasteiger partial charge in [-0.3, -0.25) is 4.90 Å². The monoisotopic (exact) mass is 481 g/mol. The molecule has 178 valence electrons. The maximum absolute atomic E-state index is 13.2. The number of piperazine rings is 1. The van der Waals surface area contributed by atoms with Gasteiger partial charge in [0.15, 0.2) is 0 Å². The number of hydrogen-bond acceptors (Lipinski definition) is 6. The van der Waals surface area contributed by atoms with Gasteiger partial charge < -0.3 is 14.7 Å². The van der Waals surface area contributed by atoms with Crippen molar-refractivity contribution in [3.63, 3.8) is 0 Å². The van der Waals surface area contributed by atoms with Gasteiger partial charge >= 0.3 is 5.97 Å². The third kappa shape index (κ3) is 5.09. The van der Waals surface area contributed by atoms with Gasteiger partial charge in [0.1, 0.15) is 11.4 Å². The Labute approximate surface area is 199 Å². The van der Waals surface area contributed by atoms with Gasteiger partial charge in [-0.2, -0.15) is 0 Å². The Morgan fingerprint density at radius 2 is 1.74 bits per heavy atom. The van der Waals surface area contributed by atoms with Gasteiger partial charge in [-0.05, 0) is 42.8 Å². The molecule has 0 unspecified atom stereocenters. The molecule has 0 amide bonds. The van der Waals surface area contributed by atoms with Crippen LogP contribution < -0.4 is 4.74 Å². The molecule has 1 aliphatic rings. The highest BCUT2D eigenvalue weighted by atomic mass is 32.2. The van der Waals surface area contributed by atoms with Crippen LogP contribution in [0.3, 0.4) is 0 Å². The van der Waals surface area contributed by atoms with E-state index in [1.807, 2.05) is 0 Å². The summed E-state index contributed by atoms with van der Waals surface area (Å²) in [6, 6.07) is 14.1. The molecule has 1 N–H and O–H groups in total. The molecule has 1 saturated heterocycles. The van der Waals surface area contributed by atoms with E-state index in [1.54, 1.807) is 36.4 Å². The van der Waals surface area contributed by atoms with Crippen LogP contribution in [0, 0.1) is 12.3 Å². The SMILES string of the molecule is C#CCN1CCN(CCCOc2ccc3c(c2)cc(C(=O)O)n3S(=O)(=O)c2ccccc2)CC1. The van der Waals surface area contributed by atoms with Crippen molar-refractivity contribution in [3.05, 3.63) is 60.3 Å². The van der Waals surface area contributed by atoms with Crippen LogP contribution >= 0.6 is 0 Å². The first-order valence-electron chi connectivity index (χ1n) is 11.1. The number of terminal acetylenes is 1. The Kier molecular flexibility index (Phi) is 7.22. The number of carboxylic acid groups (broad SMARTS) is 1. The zero-order valence-corrected chi connectivity index (χ0v) is 19.6. The van der Waals surface area contributed by atoms with Gasteiger partial charge in [-0.15, -0.1) is 6.42 Å². The normalized spacial score (nSPS) is 15.3. The van der Waals surface area contributed by atoms with Crippen LogP contribution in [-0.2, 0) is 10.0 Å². The molecule has 0 saturated carbocycles. The van der Waals surface area contributed by atoms with Gasteiger partial charge in [0.2, 0.25) is 0 Å². The van der Waals surface area contributed by atoms with Gasteiger partial charge in [-0.25, -0.2) is 17.2 Å². The van der Waals surface area contributed by atoms with Crippen LogP contribution in [0.5, 0.6) is 5.75 Å². The van der Waals surface area contributed by atoms with Crippen LogP contribution in [0.4, 0.5) is 0 Å². The Morgan fingerprint density at radius 1 is 1.03 bits per heavy atom. The molecule has 1 fully saturated rings. The highest BCUT2D eigenvalue weighted by Crippen LogP contribution is 2.29. The average Bonchev–Trinajstić information content (AvgIpc) is 3.24. The molecule has 34 heavy (non-hydrogen) atoms. The summed E-state index contributed by atoms with van der Waals surface area (Å²) in [6.45, 7) is 6.01. The Balaban J connectivity index is 1.45. The summed E-state index contributed by atoms with van der Waals surface area (Å²) in [5.41, 5.74) is -0.0292. The standard InChI is InChI=1S/C25H27N3O5S/c1-2-11-26-13-15-27(16-14-26)12-6-17-33-21-9-10-23-20(18-21)19-24(25(29)30)28(23)34(31,32)22-7-4-3-5-8-22/h1,3-5,7-10,18-19H,6,11-17H2,(H,29,30). The lowest BCUT2D eigenvalue weighted by Gasteiger charge is -2.33. The minimum absolute atomic E-state index is 0.0236. The van der Waals surface area contributed by atoms with Crippen molar-refractivity contribution < 1.29 is 23.1 Å². The summed E-state index contributed by atoms with van der Waals surface area (Å²) in [6.07, 6.45) is 6.22. The van der Waals surface area contributed by atoms with Crippen LogP contribution in [-0.4, -0.2) is 79.1 Å². The van der Waals surface area contributed by atoms with E-state index in [4.69, 9.17) is 11.2 Å². The average molecular weight is 482 g/mol. The second-order valence-electron chi connectivity index (χ2n) is 8.16. The first-order valence-corrected chi connectivity index (χ1v) is 12.5. The summed E-state index contributed by atoms with van der Waals surface area (Å²) in [7, 11) is -4.08. The number of carboxylic acids is 1. The molecule has 8 nitrogen and oxygen atoms in total. The predicted octanol–water partition coefficient (Wildman–Crippen LogP) is 2.60. The van der Waals surface area contributed by atoms with Gasteiger partial charge in [0.25, 0.3) is 10.0 Å². The Bertz CT molecular complexity index is 1300. The van der Waals surface area contributed by atoms with E-state index in [0.29, 0.717) is 29.8 Å². The van der Waals surface area contributed by atoms with Crippen LogP contribution in [0.2, 0.25) is 0 Å². The molecule has 0 aliphatic carbocycles. The van der Waals surface area contributed by atoms with E-state index >= 15 is 0 Å². The van der Waals surface area contributed by atoms with E-state index in [-0.39, 0.29) is 10.6 Å². The van der Waals surface area contributed by atoms with Gasteiger partial charge in [0.05, 0.1) is 23.6 Å². The number of aromatic nitrogens is 1. The predicted molar refractivity (Wildman–Crippen MR) is 130 cm³/mol. The molecule has 0 radical (unpaired) electrons. The lowest BCUT2D eigenvalue weighted by molar-refractivity contribution is 0.0689. The van der Waals surface area contributed by atoms with E-state index in [1.165, 1.54) is 18.2 Å². The molecular formula is C25H27N3O5S. The topological polar surface area (TPSA) is 92.1 Å². The molecule has 3 aromatic rings. The number of carbonyl (C=O) groups is 1. The third-order valence-electron chi connectivity index (χ3n) is 5.90. The van der Waals surface area contributed by atoms with E-state index in [9.17, 15) is 18.3 Å². The minimum Gasteiger partial charge on any atom is -0.494 e. The molecular weight excluding hydrogens is 454 g/mol. The number of fused-ring (bicyclic) bond motifs is 1. The summed E-state index contributed by atoms with van der Waals surface area (Å²) in [5, 5.41) is 10.1. The largest absolute Gasteiger partial charge is 0.494 e. The van der Waals surface area contributed by atoms with Crippen molar-refractivity contribution >= 4 is 26.9 Å². The summed E-state index contributed by atoms with van der Waals surface area (Å²) < 4.78 is 33.1. The minimum atomic E-state index is -4.08. The zero-order chi connectivity index (χ0) is 24.1. The quantitative estimate of drug-likeness (QED) is 0.371. The van der Waals surface area contributed by atoms with E-state index < -0.39 is 16.0 Å². The van der Waals surface area contributed by atoms with Gasteiger partial charge in [0, 0.05) is 38.1 Å². The fourth-order valence-electron chi connectivity index (χ4n) is 4.14. The smallest absolute Gasteiger partial charge is 0.353 e. The molecule has 0 spiro atoms. The van der Waals surface area contributed by atoms with Crippen LogP contribution in [0.15, 0.2) is 59.5 Å². The van der Waals surface area contributed by atoms with Gasteiger partial charge in [-0.1, -0.05) is 24.1 Å². The second kappa shape index (κ2) is 10.3. The fraction of sp³-hybridized carbons (Fsp3) is 0.320. The maximum Gasteiger partial charge on any atom is 0.353 e. The highest BCUT2D eigenvalue weighted by Gasteiger charge is 2.26. The number of hydrogen-bond donors (Lipinski definition) is 1. The Hall–Kier alpha value is -3.32. The third-order valence-corrected chi connectivity index (χ3v) is 7.64. The van der Waals surface area contributed by atoms with Crippen molar-refractivity contribution in [1.29, 1.82) is 0 Å². The molecule has 9 heteroatoms. The molecule has 4 rings (SSSR count). The molecule has 1 aromatic heterocycles. The first-order chi connectivity index (χ1) is 16.4. The van der Waals surface area contributed by atoms with Crippen molar-refractivity contribution in [1.82, 2.24) is 13.8 Å².